The highest BCUT2D eigenvalue weighted by molar-refractivity contribution is 5.71. The normalized spacial score (nSPS) is 12.4. The minimum absolute atomic E-state index is 0.255. The number of aliphatic imine (C=N–C) groups is 1. The Labute approximate surface area is 168 Å². The van der Waals surface area contributed by atoms with Gasteiger partial charge in [-0.3, -0.25) is 4.90 Å². The molecule has 0 radical (unpaired) electrons. The quantitative estimate of drug-likeness (QED) is 0.286. The Kier molecular flexibility index (Phi) is 8.22. The van der Waals surface area contributed by atoms with Crippen LogP contribution in [-0.4, -0.2) is 52.6 Å². The predicted octanol–water partition coefficient (Wildman–Crippen LogP) is 4.36. The SMILES string of the molecule is C=C(C)CN(C(=C)/N=C\N(C)C(C)Oc1cccc(C)n1)C(=O)OC(C)(C)C. The molecule has 1 rings (SSSR count). The van der Waals surface area contributed by atoms with Crippen molar-refractivity contribution in [2.24, 2.45) is 4.99 Å². The van der Waals surface area contributed by atoms with Crippen molar-refractivity contribution in [3.63, 3.8) is 0 Å². The number of nitrogens with zero attached hydrogens (tertiary/aromatic N) is 4. The van der Waals surface area contributed by atoms with Crippen molar-refractivity contribution in [3.05, 3.63) is 48.4 Å². The number of carbonyl (C=O) groups is 1. The molecule has 0 saturated carbocycles. The molecule has 1 aromatic heterocycles. The zero-order valence-electron chi connectivity index (χ0n) is 18.0. The van der Waals surface area contributed by atoms with Crippen LogP contribution in [0.4, 0.5) is 4.79 Å². The van der Waals surface area contributed by atoms with E-state index in [0.717, 1.165) is 11.3 Å². The smallest absolute Gasteiger partial charge is 0.416 e. The molecule has 1 aromatic rings. The third-order valence-corrected chi connectivity index (χ3v) is 3.47. The topological polar surface area (TPSA) is 67.3 Å². The molecule has 1 atom stereocenters. The van der Waals surface area contributed by atoms with E-state index >= 15 is 0 Å². The fraction of sp³-hybridized carbons (Fsp3) is 0.476. The second-order valence-corrected chi connectivity index (χ2v) is 7.68. The molecule has 0 saturated heterocycles. The monoisotopic (exact) mass is 388 g/mol. The largest absolute Gasteiger partial charge is 0.454 e. The van der Waals surface area contributed by atoms with Crippen LogP contribution in [0.3, 0.4) is 0 Å². The van der Waals surface area contributed by atoms with Gasteiger partial charge in [-0.1, -0.05) is 24.8 Å². The Balaban J connectivity index is 2.79. The maximum absolute atomic E-state index is 12.5. The Morgan fingerprint density at radius 2 is 2.00 bits per heavy atom. The lowest BCUT2D eigenvalue weighted by Crippen LogP contribution is -2.37. The Bertz CT molecular complexity index is 737. The molecule has 0 aliphatic carbocycles. The van der Waals surface area contributed by atoms with Gasteiger partial charge in [-0.05, 0) is 47.6 Å². The van der Waals surface area contributed by atoms with Gasteiger partial charge in [0.05, 0.1) is 12.9 Å². The first kappa shape index (κ1) is 23.2. The molecule has 0 aromatic carbocycles. The number of aromatic nitrogens is 1. The van der Waals surface area contributed by atoms with Crippen LogP contribution >= 0.6 is 0 Å². The molecular weight excluding hydrogens is 356 g/mol. The maximum Gasteiger partial charge on any atom is 0.416 e. The maximum atomic E-state index is 12.5. The molecule has 7 heteroatoms. The average Bonchev–Trinajstić information content (AvgIpc) is 2.55. The van der Waals surface area contributed by atoms with Crippen molar-refractivity contribution >= 4 is 12.4 Å². The standard InChI is InChI=1S/C21H32N4O3/c1-15(2)13-25(20(26)28-21(6,7)8)17(4)22-14-24(9)18(5)27-19-12-10-11-16(3)23-19/h10-12,14,18H,1,4,13H2,2-3,5-9H3/b22-14-. The summed E-state index contributed by atoms with van der Waals surface area (Å²) in [5.41, 5.74) is 1.05. The van der Waals surface area contributed by atoms with E-state index in [0.29, 0.717) is 5.88 Å². The van der Waals surface area contributed by atoms with Gasteiger partial charge in [0.2, 0.25) is 5.88 Å². The molecule has 0 aliphatic rings. The minimum Gasteiger partial charge on any atom is -0.454 e. The van der Waals surface area contributed by atoms with Gasteiger partial charge in [-0.2, -0.15) is 0 Å². The second-order valence-electron chi connectivity index (χ2n) is 7.68. The Hall–Kier alpha value is -2.83. The third kappa shape index (κ3) is 8.24. The molecule has 1 amide bonds. The molecule has 0 aliphatic heterocycles. The van der Waals surface area contributed by atoms with Gasteiger partial charge in [-0.25, -0.2) is 14.8 Å². The van der Waals surface area contributed by atoms with Crippen LogP contribution < -0.4 is 4.74 Å². The van der Waals surface area contributed by atoms with Crippen molar-refractivity contribution in [2.75, 3.05) is 13.6 Å². The molecule has 0 bridgehead atoms. The van der Waals surface area contributed by atoms with Gasteiger partial charge < -0.3 is 14.4 Å². The number of rotatable bonds is 8. The summed E-state index contributed by atoms with van der Waals surface area (Å²) in [6.07, 6.45) is 0.717. The first-order valence-electron chi connectivity index (χ1n) is 9.09. The number of amides is 1. The van der Waals surface area contributed by atoms with E-state index in [1.165, 1.54) is 4.90 Å². The van der Waals surface area contributed by atoms with E-state index in [1.807, 2.05) is 60.7 Å². The van der Waals surface area contributed by atoms with Crippen LogP contribution in [0.2, 0.25) is 0 Å². The molecule has 154 valence electrons. The predicted molar refractivity (Wildman–Crippen MR) is 112 cm³/mol. The summed E-state index contributed by atoms with van der Waals surface area (Å²) in [5.74, 6) is 0.786. The van der Waals surface area contributed by atoms with Gasteiger partial charge >= 0.3 is 6.09 Å². The summed E-state index contributed by atoms with van der Waals surface area (Å²) in [4.78, 5) is 24.2. The number of pyridine rings is 1. The van der Waals surface area contributed by atoms with Crippen LogP contribution in [0, 0.1) is 6.92 Å². The molecule has 1 unspecified atom stereocenters. The fourth-order valence-corrected chi connectivity index (χ4v) is 2.01. The molecule has 1 heterocycles. The minimum atomic E-state index is -0.617. The van der Waals surface area contributed by atoms with Crippen molar-refractivity contribution in [1.29, 1.82) is 0 Å². The Morgan fingerprint density at radius 3 is 2.54 bits per heavy atom. The number of hydrogen-bond acceptors (Lipinski definition) is 5. The van der Waals surface area contributed by atoms with E-state index in [9.17, 15) is 4.79 Å². The second kappa shape index (κ2) is 9.92. The van der Waals surface area contributed by atoms with Gasteiger partial charge in [0, 0.05) is 18.8 Å². The summed E-state index contributed by atoms with van der Waals surface area (Å²) in [6, 6.07) is 5.58. The highest BCUT2D eigenvalue weighted by Crippen LogP contribution is 2.15. The van der Waals surface area contributed by atoms with E-state index in [4.69, 9.17) is 9.47 Å². The summed E-state index contributed by atoms with van der Waals surface area (Å²) in [5, 5.41) is 0. The van der Waals surface area contributed by atoms with Gasteiger partial charge in [0.15, 0.2) is 6.23 Å². The fourth-order valence-electron chi connectivity index (χ4n) is 2.01. The van der Waals surface area contributed by atoms with Crippen LogP contribution in [0.1, 0.15) is 40.3 Å². The van der Waals surface area contributed by atoms with Gasteiger partial charge in [0.1, 0.15) is 11.4 Å². The zero-order valence-corrected chi connectivity index (χ0v) is 18.0. The van der Waals surface area contributed by atoms with E-state index in [-0.39, 0.29) is 18.6 Å². The van der Waals surface area contributed by atoms with Crippen LogP contribution in [-0.2, 0) is 4.74 Å². The van der Waals surface area contributed by atoms with E-state index < -0.39 is 11.7 Å². The number of aryl methyl sites for hydroxylation is 1. The lowest BCUT2D eigenvalue weighted by Gasteiger charge is -2.28. The van der Waals surface area contributed by atoms with Crippen LogP contribution in [0.25, 0.3) is 0 Å². The number of carbonyl (C=O) groups excluding carboxylic acids is 1. The van der Waals surface area contributed by atoms with Crippen molar-refractivity contribution in [3.8, 4) is 5.88 Å². The summed E-state index contributed by atoms with van der Waals surface area (Å²) < 4.78 is 11.2. The van der Waals surface area contributed by atoms with E-state index in [2.05, 4.69) is 23.1 Å². The van der Waals surface area contributed by atoms with Crippen molar-refractivity contribution < 1.29 is 14.3 Å². The average molecular weight is 389 g/mol. The molecule has 0 spiro atoms. The lowest BCUT2D eigenvalue weighted by atomic mass is 10.2. The molecular formula is C21H32N4O3. The van der Waals surface area contributed by atoms with Crippen LogP contribution in [0.5, 0.6) is 5.88 Å². The summed E-state index contributed by atoms with van der Waals surface area (Å²) >= 11 is 0. The van der Waals surface area contributed by atoms with E-state index in [1.54, 1.807) is 17.3 Å². The van der Waals surface area contributed by atoms with Crippen LogP contribution in [0.15, 0.2) is 47.7 Å². The lowest BCUT2D eigenvalue weighted by molar-refractivity contribution is 0.0326. The van der Waals surface area contributed by atoms with Crippen molar-refractivity contribution in [1.82, 2.24) is 14.8 Å². The summed E-state index contributed by atoms with van der Waals surface area (Å²) in [7, 11) is 1.81. The zero-order chi connectivity index (χ0) is 21.5. The Morgan fingerprint density at radius 1 is 1.36 bits per heavy atom. The third-order valence-electron chi connectivity index (χ3n) is 3.47. The highest BCUT2D eigenvalue weighted by Gasteiger charge is 2.24. The first-order valence-corrected chi connectivity index (χ1v) is 9.09. The molecule has 7 nitrogen and oxygen atoms in total. The molecule has 28 heavy (non-hydrogen) atoms. The van der Waals surface area contributed by atoms with Gasteiger partial charge in [0.25, 0.3) is 0 Å². The first-order chi connectivity index (χ1) is 12.9. The highest BCUT2D eigenvalue weighted by atomic mass is 16.6. The molecule has 0 fully saturated rings. The van der Waals surface area contributed by atoms with Gasteiger partial charge in [-0.15, -0.1) is 0 Å². The number of hydrogen-bond donors (Lipinski definition) is 0. The summed E-state index contributed by atoms with van der Waals surface area (Å²) in [6.45, 7) is 19.0. The molecule has 0 N–H and O–H groups in total. The van der Waals surface area contributed by atoms with Crippen molar-refractivity contribution in [2.45, 2.75) is 53.4 Å². The number of ether oxygens (including phenoxy) is 2.